The topological polar surface area (TPSA) is 61.0 Å². The summed E-state index contributed by atoms with van der Waals surface area (Å²) in [5.74, 6) is 2.80. The van der Waals surface area contributed by atoms with Crippen molar-refractivity contribution in [1.82, 2.24) is 9.97 Å². The summed E-state index contributed by atoms with van der Waals surface area (Å²) in [6.45, 7) is 2.76. The first-order chi connectivity index (χ1) is 8.65. The molecule has 2 rings (SSSR count). The minimum absolute atomic E-state index is 0.477. The van der Waals surface area contributed by atoms with E-state index in [0.717, 1.165) is 21.0 Å². The monoisotopic (exact) mass is 361 g/mol. The van der Waals surface area contributed by atoms with Crippen molar-refractivity contribution in [2.24, 2.45) is 5.92 Å². The van der Waals surface area contributed by atoms with Gasteiger partial charge < -0.3 is 10.5 Å². The summed E-state index contributed by atoms with van der Waals surface area (Å²) in [7, 11) is 1.68. The largest absolute Gasteiger partial charge is 0.383 e. The standard InChI is InChI=1S/C13H20IN3O/c1-3-8-4-5-9(6-8)13-16-10(7-18-2)11(14)12(15)17-13/h8-9H,3-7H2,1-2H3,(H2,15,16,17). The average molecular weight is 361 g/mol. The summed E-state index contributed by atoms with van der Waals surface area (Å²) in [6, 6.07) is 0. The number of anilines is 1. The summed E-state index contributed by atoms with van der Waals surface area (Å²) in [5, 5.41) is 0. The number of methoxy groups -OCH3 is 1. The number of ether oxygens (including phenoxy) is 1. The molecule has 0 radical (unpaired) electrons. The maximum absolute atomic E-state index is 5.97. The number of rotatable bonds is 4. The zero-order chi connectivity index (χ0) is 13.1. The van der Waals surface area contributed by atoms with Gasteiger partial charge in [-0.1, -0.05) is 13.3 Å². The molecule has 1 saturated carbocycles. The first kappa shape index (κ1) is 14.0. The van der Waals surface area contributed by atoms with Gasteiger partial charge in [-0.3, -0.25) is 0 Å². The summed E-state index contributed by atoms with van der Waals surface area (Å²) in [5.41, 5.74) is 6.89. The summed E-state index contributed by atoms with van der Waals surface area (Å²) >= 11 is 2.19. The number of hydrogen-bond donors (Lipinski definition) is 1. The molecular formula is C13H20IN3O. The van der Waals surface area contributed by atoms with Crippen LogP contribution in [0.3, 0.4) is 0 Å². The predicted molar refractivity (Wildman–Crippen MR) is 80.2 cm³/mol. The van der Waals surface area contributed by atoms with Crippen molar-refractivity contribution >= 4 is 28.4 Å². The quantitative estimate of drug-likeness (QED) is 0.838. The van der Waals surface area contributed by atoms with Gasteiger partial charge in [-0.2, -0.15) is 0 Å². The van der Waals surface area contributed by atoms with Crippen molar-refractivity contribution in [3.63, 3.8) is 0 Å². The molecule has 0 saturated heterocycles. The van der Waals surface area contributed by atoms with Gasteiger partial charge in [-0.25, -0.2) is 9.97 Å². The molecule has 2 N–H and O–H groups in total. The van der Waals surface area contributed by atoms with Crippen molar-refractivity contribution in [3.8, 4) is 0 Å². The van der Waals surface area contributed by atoms with Gasteiger partial charge in [-0.15, -0.1) is 0 Å². The Bertz CT molecular complexity index is 425. The van der Waals surface area contributed by atoms with Crippen LogP contribution in [-0.2, 0) is 11.3 Å². The minimum Gasteiger partial charge on any atom is -0.383 e. The molecule has 1 aliphatic rings. The highest BCUT2D eigenvalue weighted by atomic mass is 127. The van der Waals surface area contributed by atoms with Crippen molar-refractivity contribution in [1.29, 1.82) is 0 Å². The molecule has 1 fully saturated rings. The molecule has 1 heterocycles. The van der Waals surface area contributed by atoms with E-state index in [1.807, 2.05) is 0 Å². The molecule has 1 aliphatic carbocycles. The van der Waals surface area contributed by atoms with Gasteiger partial charge in [0.1, 0.15) is 11.6 Å². The number of nitrogen functional groups attached to an aromatic ring is 1. The molecule has 2 atom stereocenters. The highest BCUT2D eigenvalue weighted by Gasteiger charge is 2.27. The molecule has 1 aromatic heterocycles. The van der Waals surface area contributed by atoms with Crippen LogP contribution in [0.5, 0.6) is 0 Å². The Morgan fingerprint density at radius 1 is 1.39 bits per heavy atom. The number of hydrogen-bond acceptors (Lipinski definition) is 4. The lowest BCUT2D eigenvalue weighted by molar-refractivity contribution is 0.180. The van der Waals surface area contributed by atoms with Gasteiger partial charge >= 0.3 is 0 Å². The molecule has 4 nitrogen and oxygen atoms in total. The van der Waals surface area contributed by atoms with Crippen molar-refractivity contribution < 1.29 is 4.74 Å². The van der Waals surface area contributed by atoms with Gasteiger partial charge in [0.05, 0.1) is 15.9 Å². The highest BCUT2D eigenvalue weighted by molar-refractivity contribution is 14.1. The van der Waals surface area contributed by atoms with E-state index >= 15 is 0 Å². The van der Waals surface area contributed by atoms with Crippen LogP contribution >= 0.6 is 22.6 Å². The molecule has 5 heteroatoms. The van der Waals surface area contributed by atoms with Gasteiger partial charge in [0.2, 0.25) is 0 Å². The average Bonchev–Trinajstić information content (AvgIpc) is 2.83. The summed E-state index contributed by atoms with van der Waals surface area (Å²) in [6.07, 6.45) is 4.92. The zero-order valence-corrected chi connectivity index (χ0v) is 13.1. The lowest BCUT2D eigenvalue weighted by Crippen LogP contribution is -2.10. The molecule has 18 heavy (non-hydrogen) atoms. The molecule has 100 valence electrons. The number of nitrogens with two attached hydrogens (primary N) is 1. The normalized spacial score (nSPS) is 23.5. The second kappa shape index (κ2) is 6.14. The van der Waals surface area contributed by atoms with Crippen LogP contribution in [0.25, 0.3) is 0 Å². The second-order valence-corrected chi connectivity index (χ2v) is 6.02. The molecule has 0 aromatic carbocycles. The molecule has 2 unspecified atom stereocenters. The molecule has 1 aromatic rings. The van der Waals surface area contributed by atoms with Crippen LogP contribution in [0.1, 0.15) is 50.0 Å². The van der Waals surface area contributed by atoms with Crippen LogP contribution in [0.2, 0.25) is 0 Å². The van der Waals surface area contributed by atoms with Crippen molar-refractivity contribution in [3.05, 3.63) is 15.1 Å². The van der Waals surface area contributed by atoms with Crippen LogP contribution < -0.4 is 5.73 Å². The maximum atomic E-state index is 5.97. The third-order valence-corrected chi connectivity index (χ3v) is 4.90. The van der Waals surface area contributed by atoms with E-state index < -0.39 is 0 Å². The Hall–Kier alpha value is -0.430. The SMILES string of the molecule is CCC1CCC(c2nc(N)c(I)c(COC)n2)C1. The van der Waals surface area contributed by atoms with E-state index in [4.69, 9.17) is 10.5 Å². The summed E-state index contributed by atoms with van der Waals surface area (Å²) in [4.78, 5) is 9.12. The van der Waals surface area contributed by atoms with Crippen LogP contribution in [0, 0.1) is 9.49 Å². The van der Waals surface area contributed by atoms with Crippen molar-refractivity contribution in [2.45, 2.75) is 45.1 Å². The second-order valence-electron chi connectivity index (χ2n) is 4.94. The number of aromatic nitrogens is 2. The third-order valence-electron chi connectivity index (χ3n) is 3.73. The fraction of sp³-hybridized carbons (Fsp3) is 0.692. The third kappa shape index (κ3) is 2.93. The van der Waals surface area contributed by atoms with Gasteiger partial charge in [0.15, 0.2) is 0 Å². The first-order valence-electron chi connectivity index (χ1n) is 6.46. The Morgan fingerprint density at radius 3 is 2.78 bits per heavy atom. The zero-order valence-electron chi connectivity index (χ0n) is 10.9. The van der Waals surface area contributed by atoms with E-state index in [1.165, 1.54) is 25.7 Å². The molecule has 0 bridgehead atoms. The smallest absolute Gasteiger partial charge is 0.141 e. The minimum atomic E-state index is 0.477. The molecule has 0 amide bonds. The highest BCUT2D eigenvalue weighted by Crippen LogP contribution is 2.38. The molecule has 0 spiro atoms. The first-order valence-corrected chi connectivity index (χ1v) is 7.54. The van der Waals surface area contributed by atoms with E-state index in [2.05, 4.69) is 39.5 Å². The lowest BCUT2D eigenvalue weighted by atomic mass is 10.0. The van der Waals surface area contributed by atoms with Crippen LogP contribution in [0.4, 0.5) is 5.82 Å². The van der Waals surface area contributed by atoms with Gasteiger partial charge in [0.25, 0.3) is 0 Å². The van der Waals surface area contributed by atoms with E-state index in [1.54, 1.807) is 7.11 Å². The predicted octanol–water partition coefficient (Wildman–Crippen LogP) is 3.10. The van der Waals surface area contributed by atoms with Crippen LogP contribution in [0.15, 0.2) is 0 Å². The lowest BCUT2D eigenvalue weighted by Gasteiger charge is -2.13. The van der Waals surface area contributed by atoms with Crippen molar-refractivity contribution in [2.75, 3.05) is 12.8 Å². The Morgan fingerprint density at radius 2 is 2.17 bits per heavy atom. The summed E-state index contributed by atoms with van der Waals surface area (Å²) < 4.78 is 6.09. The van der Waals surface area contributed by atoms with E-state index in [9.17, 15) is 0 Å². The van der Waals surface area contributed by atoms with Crippen LogP contribution in [-0.4, -0.2) is 17.1 Å². The van der Waals surface area contributed by atoms with E-state index in [0.29, 0.717) is 18.3 Å². The van der Waals surface area contributed by atoms with Gasteiger partial charge in [-0.05, 0) is 47.8 Å². The fourth-order valence-corrected chi connectivity index (χ4v) is 3.02. The van der Waals surface area contributed by atoms with Gasteiger partial charge in [0, 0.05) is 13.0 Å². The van der Waals surface area contributed by atoms with E-state index in [-0.39, 0.29) is 0 Å². The fourth-order valence-electron chi connectivity index (χ4n) is 2.63. The number of nitrogens with zero attached hydrogens (tertiary/aromatic N) is 2. The number of halogens is 1. The maximum Gasteiger partial charge on any atom is 0.141 e. The Labute approximate surface area is 122 Å². The molecule has 0 aliphatic heterocycles. The molecular weight excluding hydrogens is 341 g/mol. The Kier molecular flexibility index (Phi) is 4.77. The Balaban J connectivity index is 2.23.